The summed E-state index contributed by atoms with van der Waals surface area (Å²) in [6.07, 6.45) is 1.96. The van der Waals surface area contributed by atoms with E-state index in [4.69, 9.17) is 10.2 Å². The first-order chi connectivity index (χ1) is 6.65. The van der Waals surface area contributed by atoms with Gasteiger partial charge in [0.15, 0.2) is 6.29 Å². The Labute approximate surface area is 85.2 Å². The van der Waals surface area contributed by atoms with E-state index < -0.39 is 6.29 Å². The van der Waals surface area contributed by atoms with Gasteiger partial charge >= 0.3 is 0 Å². The quantitative estimate of drug-likeness (QED) is 0.722. The highest BCUT2D eigenvalue weighted by atomic mass is 16.5. The molecule has 1 aromatic rings. The van der Waals surface area contributed by atoms with Crippen LogP contribution < -0.4 is 0 Å². The molecule has 0 aliphatic heterocycles. The van der Waals surface area contributed by atoms with Gasteiger partial charge in [0.1, 0.15) is 0 Å². The summed E-state index contributed by atoms with van der Waals surface area (Å²) >= 11 is 0. The highest BCUT2D eigenvalue weighted by molar-refractivity contribution is 5.31. The molecule has 14 heavy (non-hydrogen) atoms. The predicted octanol–water partition coefficient (Wildman–Crippen LogP) is 2.32. The standard InChI is InChI=1S/C12H18O2/c1-3-4-5-10-7-6-9(2)11(8-10)12(13)14/h6-8,12-14H,3-5H2,1-2H3. The molecule has 0 aliphatic carbocycles. The first-order valence-corrected chi connectivity index (χ1v) is 5.10. The van der Waals surface area contributed by atoms with Crippen LogP contribution in [0.4, 0.5) is 0 Å². The lowest BCUT2D eigenvalue weighted by atomic mass is 10.0. The fourth-order valence-corrected chi connectivity index (χ4v) is 1.50. The molecular formula is C12H18O2. The van der Waals surface area contributed by atoms with Gasteiger partial charge < -0.3 is 10.2 Å². The zero-order chi connectivity index (χ0) is 10.6. The third-order valence-electron chi connectivity index (χ3n) is 2.44. The molecule has 0 bridgehead atoms. The van der Waals surface area contributed by atoms with Crippen LogP contribution in [0.25, 0.3) is 0 Å². The second-order valence-corrected chi connectivity index (χ2v) is 3.67. The Morgan fingerprint density at radius 3 is 2.57 bits per heavy atom. The third-order valence-corrected chi connectivity index (χ3v) is 2.44. The number of aliphatic hydroxyl groups is 2. The topological polar surface area (TPSA) is 40.5 Å². The number of aliphatic hydroxyl groups excluding tert-OH is 1. The molecule has 0 radical (unpaired) electrons. The fraction of sp³-hybridized carbons (Fsp3) is 0.500. The maximum Gasteiger partial charge on any atom is 0.178 e. The van der Waals surface area contributed by atoms with Crippen LogP contribution in [0.3, 0.4) is 0 Å². The van der Waals surface area contributed by atoms with Crippen molar-refractivity contribution < 1.29 is 10.2 Å². The summed E-state index contributed by atoms with van der Waals surface area (Å²) in [5.74, 6) is 0. The molecule has 0 unspecified atom stereocenters. The van der Waals surface area contributed by atoms with Gasteiger partial charge in [-0.1, -0.05) is 31.5 Å². The minimum atomic E-state index is -1.35. The minimum absolute atomic E-state index is 0.624. The van der Waals surface area contributed by atoms with Crippen molar-refractivity contribution >= 4 is 0 Å². The van der Waals surface area contributed by atoms with E-state index in [9.17, 15) is 0 Å². The van der Waals surface area contributed by atoms with Gasteiger partial charge in [-0.15, -0.1) is 0 Å². The highest BCUT2D eigenvalue weighted by Crippen LogP contribution is 2.18. The van der Waals surface area contributed by atoms with Crippen molar-refractivity contribution in [1.82, 2.24) is 0 Å². The van der Waals surface area contributed by atoms with Crippen LogP contribution in [0.15, 0.2) is 18.2 Å². The molecule has 1 aromatic carbocycles. The number of hydrogen-bond acceptors (Lipinski definition) is 2. The monoisotopic (exact) mass is 194 g/mol. The summed E-state index contributed by atoms with van der Waals surface area (Å²) in [4.78, 5) is 0. The van der Waals surface area contributed by atoms with Gasteiger partial charge in [0.2, 0.25) is 0 Å². The van der Waals surface area contributed by atoms with Gasteiger partial charge in [-0.3, -0.25) is 0 Å². The van der Waals surface area contributed by atoms with E-state index in [1.54, 1.807) is 0 Å². The van der Waals surface area contributed by atoms with Gasteiger partial charge in [0, 0.05) is 5.56 Å². The normalized spacial score (nSPS) is 10.9. The fourth-order valence-electron chi connectivity index (χ4n) is 1.50. The van der Waals surface area contributed by atoms with Crippen molar-refractivity contribution in [3.05, 3.63) is 34.9 Å². The Bertz CT molecular complexity index is 292. The Morgan fingerprint density at radius 2 is 2.00 bits per heavy atom. The maximum atomic E-state index is 9.11. The molecular weight excluding hydrogens is 176 g/mol. The molecule has 0 aromatic heterocycles. The molecule has 78 valence electrons. The van der Waals surface area contributed by atoms with Gasteiger partial charge in [-0.05, 0) is 30.9 Å². The van der Waals surface area contributed by atoms with Crippen molar-refractivity contribution in [3.8, 4) is 0 Å². The Kier molecular flexibility index (Phi) is 4.11. The molecule has 0 amide bonds. The van der Waals surface area contributed by atoms with Gasteiger partial charge in [-0.25, -0.2) is 0 Å². The summed E-state index contributed by atoms with van der Waals surface area (Å²) in [5.41, 5.74) is 2.74. The van der Waals surface area contributed by atoms with E-state index in [0.29, 0.717) is 5.56 Å². The molecule has 0 atom stereocenters. The van der Waals surface area contributed by atoms with E-state index in [2.05, 4.69) is 13.0 Å². The van der Waals surface area contributed by atoms with Crippen LogP contribution in [0.2, 0.25) is 0 Å². The lowest BCUT2D eigenvalue weighted by Gasteiger charge is -2.10. The molecule has 0 spiro atoms. The van der Waals surface area contributed by atoms with E-state index >= 15 is 0 Å². The summed E-state index contributed by atoms with van der Waals surface area (Å²) in [6, 6.07) is 5.88. The second kappa shape index (κ2) is 5.13. The summed E-state index contributed by atoms with van der Waals surface area (Å²) < 4.78 is 0. The lowest BCUT2D eigenvalue weighted by Crippen LogP contribution is -1.99. The first kappa shape index (κ1) is 11.2. The molecule has 2 N–H and O–H groups in total. The largest absolute Gasteiger partial charge is 0.364 e. The van der Waals surface area contributed by atoms with Crippen LogP contribution in [0.5, 0.6) is 0 Å². The maximum absolute atomic E-state index is 9.11. The van der Waals surface area contributed by atoms with Gasteiger partial charge in [-0.2, -0.15) is 0 Å². The van der Waals surface area contributed by atoms with Gasteiger partial charge in [0.25, 0.3) is 0 Å². The van der Waals surface area contributed by atoms with E-state index in [1.807, 2.05) is 19.1 Å². The molecule has 2 heteroatoms. The molecule has 1 rings (SSSR count). The highest BCUT2D eigenvalue weighted by Gasteiger charge is 2.06. The van der Waals surface area contributed by atoms with Crippen molar-refractivity contribution in [2.45, 2.75) is 39.4 Å². The Balaban J connectivity index is 2.83. The zero-order valence-corrected chi connectivity index (χ0v) is 8.83. The Hall–Kier alpha value is -0.860. The Morgan fingerprint density at radius 1 is 1.29 bits per heavy atom. The average Bonchev–Trinajstić information content (AvgIpc) is 2.16. The van der Waals surface area contributed by atoms with Crippen molar-refractivity contribution in [2.75, 3.05) is 0 Å². The van der Waals surface area contributed by atoms with E-state index in [-0.39, 0.29) is 0 Å². The average molecular weight is 194 g/mol. The zero-order valence-electron chi connectivity index (χ0n) is 8.83. The third kappa shape index (κ3) is 2.82. The number of benzene rings is 1. The van der Waals surface area contributed by atoms with Crippen LogP contribution in [0.1, 0.15) is 42.7 Å². The van der Waals surface area contributed by atoms with Gasteiger partial charge in [0.05, 0.1) is 0 Å². The SMILES string of the molecule is CCCCc1ccc(C)c(C(O)O)c1. The van der Waals surface area contributed by atoms with Crippen LogP contribution in [-0.2, 0) is 6.42 Å². The molecule has 2 nitrogen and oxygen atoms in total. The van der Waals surface area contributed by atoms with Crippen molar-refractivity contribution in [2.24, 2.45) is 0 Å². The summed E-state index contributed by atoms with van der Waals surface area (Å²) in [7, 11) is 0. The molecule has 0 saturated heterocycles. The molecule has 0 fully saturated rings. The smallest absolute Gasteiger partial charge is 0.178 e. The van der Waals surface area contributed by atoms with Crippen molar-refractivity contribution in [1.29, 1.82) is 0 Å². The van der Waals surface area contributed by atoms with Crippen molar-refractivity contribution in [3.63, 3.8) is 0 Å². The number of unbranched alkanes of at least 4 members (excludes halogenated alkanes) is 1. The predicted molar refractivity (Wildman–Crippen MR) is 57.0 cm³/mol. The molecule has 0 saturated carbocycles. The van der Waals surface area contributed by atoms with Crippen LogP contribution in [-0.4, -0.2) is 10.2 Å². The molecule has 0 aliphatic rings. The number of rotatable bonds is 4. The second-order valence-electron chi connectivity index (χ2n) is 3.67. The van der Waals surface area contributed by atoms with E-state index in [0.717, 1.165) is 24.8 Å². The van der Waals surface area contributed by atoms with Crippen LogP contribution in [0, 0.1) is 6.92 Å². The van der Waals surface area contributed by atoms with Crippen LogP contribution >= 0.6 is 0 Å². The summed E-state index contributed by atoms with van der Waals surface area (Å²) in [6.45, 7) is 4.04. The van der Waals surface area contributed by atoms with E-state index in [1.165, 1.54) is 5.56 Å². The number of hydrogen-bond donors (Lipinski definition) is 2. The lowest BCUT2D eigenvalue weighted by molar-refractivity contribution is -0.0429. The summed E-state index contributed by atoms with van der Waals surface area (Å²) in [5, 5.41) is 18.2. The number of aryl methyl sites for hydroxylation is 2. The molecule has 0 heterocycles. The first-order valence-electron chi connectivity index (χ1n) is 5.10. The minimum Gasteiger partial charge on any atom is -0.364 e.